The van der Waals surface area contributed by atoms with Crippen molar-refractivity contribution in [3.8, 4) is 0 Å². The standard InChI is InChI=1S/C25H35N3O2/c1-16(2)15-20-7-9-21(10-8-20)24(17(3)4)26-18(5)25(30)28-23-13-11-22(12-14-23)27-19(6)29/h7-14,16-18,24,26H,15H2,1-6H3,(H,27,29)(H,28,30)/p+1/t18-,24-/m0/s1. The average Bonchev–Trinajstić information content (AvgIpc) is 2.67. The molecule has 0 aliphatic carbocycles. The molecule has 0 spiro atoms. The fraction of sp³-hybridized carbons (Fsp3) is 0.440. The Morgan fingerprint density at radius 2 is 1.37 bits per heavy atom. The summed E-state index contributed by atoms with van der Waals surface area (Å²) in [6.07, 6.45) is 1.08. The first-order valence-electron chi connectivity index (χ1n) is 10.8. The summed E-state index contributed by atoms with van der Waals surface area (Å²) in [5.41, 5.74) is 4.02. The lowest BCUT2D eigenvalue weighted by atomic mass is 9.93. The van der Waals surface area contributed by atoms with Crippen LogP contribution in [0.4, 0.5) is 11.4 Å². The first kappa shape index (κ1) is 23.6. The van der Waals surface area contributed by atoms with Gasteiger partial charge in [0.15, 0.2) is 6.04 Å². The van der Waals surface area contributed by atoms with Gasteiger partial charge in [-0.15, -0.1) is 0 Å². The predicted molar refractivity (Wildman–Crippen MR) is 123 cm³/mol. The van der Waals surface area contributed by atoms with Crippen LogP contribution in [0.15, 0.2) is 48.5 Å². The van der Waals surface area contributed by atoms with E-state index in [1.807, 2.05) is 6.92 Å². The topological polar surface area (TPSA) is 74.8 Å². The maximum absolute atomic E-state index is 12.7. The maximum Gasteiger partial charge on any atom is 0.282 e. The Bertz CT molecular complexity index is 826. The van der Waals surface area contributed by atoms with Crippen LogP contribution in [0.2, 0.25) is 0 Å². The highest BCUT2D eigenvalue weighted by Crippen LogP contribution is 2.20. The van der Waals surface area contributed by atoms with Crippen molar-refractivity contribution < 1.29 is 14.9 Å². The monoisotopic (exact) mass is 410 g/mol. The van der Waals surface area contributed by atoms with Crippen LogP contribution >= 0.6 is 0 Å². The molecule has 2 atom stereocenters. The van der Waals surface area contributed by atoms with Gasteiger partial charge in [0.25, 0.3) is 5.91 Å². The van der Waals surface area contributed by atoms with Gasteiger partial charge in [-0.2, -0.15) is 0 Å². The summed E-state index contributed by atoms with van der Waals surface area (Å²) in [5, 5.41) is 7.83. The Morgan fingerprint density at radius 1 is 0.833 bits per heavy atom. The molecule has 2 rings (SSSR count). The second-order valence-electron chi connectivity index (χ2n) is 8.84. The van der Waals surface area contributed by atoms with E-state index in [1.54, 1.807) is 24.3 Å². The summed E-state index contributed by atoms with van der Waals surface area (Å²) in [5.74, 6) is 0.879. The summed E-state index contributed by atoms with van der Waals surface area (Å²) in [6.45, 7) is 12.2. The summed E-state index contributed by atoms with van der Waals surface area (Å²) >= 11 is 0. The van der Waals surface area contributed by atoms with Gasteiger partial charge in [-0.25, -0.2) is 0 Å². The first-order valence-corrected chi connectivity index (χ1v) is 10.8. The van der Waals surface area contributed by atoms with Crippen LogP contribution in [-0.2, 0) is 16.0 Å². The Balaban J connectivity index is 2.00. The van der Waals surface area contributed by atoms with Gasteiger partial charge in [0.1, 0.15) is 6.04 Å². The Morgan fingerprint density at radius 3 is 1.83 bits per heavy atom. The molecule has 0 heterocycles. The van der Waals surface area contributed by atoms with Gasteiger partial charge < -0.3 is 16.0 Å². The fourth-order valence-electron chi connectivity index (χ4n) is 3.56. The van der Waals surface area contributed by atoms with Gasteiger partial charge in [0.2, 0.25) is 5.91 Å². The van der Waals surface area contributed by atoms with Gasteiger partial charge in [0.05, 0.1) is 0 Å². The number of amides is 2. The molecule has 0 unspecified atom stereocenters. The Labute approximate surface area is 180 Å². The van der Waals surface area contributed by atoms with E-state index in [4.69, 9.17) is 0 Å². The lowest BCUT2D eigenvalue weighted by molar-refractivity contribution is -0.718. The second-order valence-corrected chi connectivity index (χ2v) is 8.84. The van der Waals surface area contributed by atoms with E-state index in [-0.39, 0.29) is 23.9 Å². The number of hydrogen-bond donors (Lipinski definition) is 3. The van der Waals surface area contributed by atoms with Crippen LogP contribution in [-0.4, -0.2) is 17.9 Å². The third-order valence-corrected chi connectivity index (χ3v) is 5.11. The number of rotatable bonds is 9. The lowest BCUT2D eigenvalue weighted by Crippen LogP contribution is -2.93. The summed E-state index contributed by atoms with van der Waals surface area (Å²) < 4.78 is 0. The summed E-state index contributed by atoms with van der Waals surface area (Å²) in [4.78, 5) is 23.8. The quantitative estimate of drug-likeness (QED) is 0.581. The van der Waals surface area contributed by atoms with Crippen molar-refractivity contribution in [3.05, 3.63) is 59.7 Å². The number of hydrogen-bond acceptors (Lipinski definition) is 2. The lowest BCUT2D eigenvalue weighted by Gasteiger charge is -2.23. The molecule has 0 saturated carbocycles. The van der Waals surface area contributed by atoms with Crippen molar-refractivity contribution in [2.24, 2.45) is 11.8 Å². The second kappa shape index (κ2) is 10.9. The van der Waals surface area contributed by atoms with Crippen LogP contribution in [0, 0.1) is 11.8 Å². The van der Waals surface area contributed by atoms with E-state index in [9.17, 15) is 9.59 Å². The number of benzene rings is 2. The number of nitrogens with one attached hydrogen (secondary N) is 2. The molecule has 0 bridgehead atoms. The average molecular weight is 411 g/mol. The molecule has 0 fully saturated rings. The predicted octanol–water partition coefficient (Wildman–Crippen LogP) is 4.13. The fourth-order valence-corrected chi connectivity index (χ4v) is 3.56. The zero-order valence-electron chi connectivity index (χ0n) is 19.0. The zero-order valence-corrected chi connectivity index (χ0v) is 19.0. The smallest absolute Gasteiger partial charge is 0.282 e. The van der Waals surface area contributed by atoms with Crippen LogP contribution < -0.4 is 16.0 Å². The summed E-state index contributed by atoms with van der Waals surface area (Å²) in [6, 6.07) is 15.9. The van der Waals surface area contributed by atoms with Crippen LogP contribution in [0.1, 0.15) is 58.7 Å². The minimum atomic E-state index is -0.234. The van der Waals surface area contributed by atoms with Crippen molar-refractivity contribution in [2.75, 3.05) is 10.6 Å². The van der Waals surface area contributed by atoms with Crippen molar-refractivity contribution in [2.45, 2.75) is 60.0 Å². The third kappa shape index (κ3) is 7.30. The number of quaternary nitrogens is 1. The molecule has 4 N–H and O–H groups in total. The molecule has 30 heavy (non-hydrogen) atoms. The van der Waals surface area contributed by atoms with Crippen LogP contribution in [0.3, 0.4) is 0 Å². The molecular formula is C25H36N3O2+. The van der Waals surface area contributed by atoms with Gasteiger partial charge in [-0.3, -0.25) is 9.59 Å². The van der Waals surface area contributed by atoms with E-state index >= 15 is 0 Å². The summed E-state index contributed by atoms with van der Waals surface area (Å²) in [7, 11) is 0. The minimum absolute atomic E-state index is 0.0376. The molecule has 0 aromatic heterocycles. The highest BCUT2D eigenvalue weighted by atomic mass is 16.2. The largest absolute Gasteiger partial charge is 0.330 e. The van der Waals surface area contributed by atoms with Crippen molar-refractivity contribution in [3.63, 3.8) is 0 Å². The van der Waals surface area contributed by atoms with E-state index in [1.165, 1.54) is 18.1 Å². The number of carbonyl (C=O) groups excluding carboxylic acids is 2. The molecule has 2 aromatic rings. The molecule has 5 heteroatoms. The highest BCUT2D eigenvalue weighted by molar-refractivity contribution is 5.94. The maximum atomic E-state index is 12.7. The highest BCUT2D eigenvalue weighted by Gasteiger charge is 2.26. The Hall–Kier alpha value is -2.66. The van der Waals surface area contributed by atoms with Crippen LogP contribution in [0.25, 0.3) is 0 Å². The molecule has 0 aliphatic heterocycles. The van der Waals surface area contributed by atoms with Crippen molar-refractivity contribution in [1.82, 2.24) is 0 Å². The molecule has 0 radical (unpaired) electrons. The zero-order chi connectivity index (χ0) is 22.3. The van der Waals surface area contributed by atoms with Gasteiger partial charge in [0, 0.05) is 29.8 Å². The number of anilines is 2. The Kier molecular flexibility index (Phi) is 8.60. The molecule has 5 nitrogen and oxygen atoms in total. The van der Waals surface area contributed by atoms with Gasteiger partial charge >= 0.3 is 0 Å². The third-order valence-electron chi connectivity index (χ3n) is 5.11. The first-order chi connectivity index (χ1) is 14.2. The van der Waals surface area contributed by atoms with Gasteiger partial charge in [-0.05, 0) is 49.1 Å². The molecule has 2 amide bonds. The minimum Gasteiger partial charge on any atom is -0.330 e. The van der Waals surface area contributed by atoms with E-state index < -0.39 is 0 Å². The van der Waals surface area contributed by atoms with Crippen molar-refractivity contribution in [1.29, 1.82) is 0 Å². The SMILES string of the molecule is CC(=O)Nc1ccc(NC(=O)[C@H](C)[NH2+][C@H](c2ccc(CC(C)C)cc2)C(C)C)cc1. The molecular weight excluding hydrogens is 374 g/mol. The molecule has 162 valence electrons. The van der Waals surface area contributed by atoms with Crippen LogP contribution in [0.5, 0.6) is 0 Å². The van der Waals surface area contributed by atoms with Crippen molar-refractivity contribution >= 4 is 23.2 Å². The molecule has 0 saturated heterocycles. The normalized spacial score (nSPS) is 13.2. The molecule has 2 aromatic carbocycles. The van der Waals surface area contributed by atoms with E-state index in [2.05, 4.69) is 67.9 Å². The van der Waals surface area contributed by atoms with E-state index in [0.717, 1.165) is 6.42 Å². The molecule has 0 aliphatic rings. The number of nitrogens with two attached hydrogens (primary N) is 1. The van der Waals surface area contributed by atoms with E-state index in [0.29, 0.717) is 23.2 Å². The number of carbonyl (C=O) groups is 2. The van der Waals surface area contributed by atoms with Gasteiger partial charge in [-0.1, -0.05) is 52.0 Å².